The van der Waals surface area contributed by atoms with Crippen molar-refractivity contribution in [3.8, 4) is 6.07 Å². The second kappa shape index (κ2) is 5.92. The van der Waals surface area contributed by atoms with Gasteiger partial charge in [-0.1, -0.05) is 11.6 Å². The smallest absolute Gasteiger partial charge is 0.162 e. The van der Waals surface area contributed by atoms with Crippen molar-refractivity contribution in [3.63, 3.8) is 0 Å². The number of hydrogen-bond donors (Lipinski definition) is 1. The van der Waals surface area contributed by atoms with Crippen LogP contribution in [0.5, 0.6) is 0 Å². The maximum absolute atomic E-state index is 9.11. The number of benzene rings is 1. The number of nitrogens with one attached hydrogen (secondary N) is 1. The van der Waals surface area contributed by atoms with E-state index in [2.05, 4.69) is 45.8 Å². The van der Waals surface area contributed by atoms with Crippen LogP contribution < -0.4 is 10.2 Å². The maximum Gasteiger partial charge on any atom is 0.162 e. The number of aryl methyl sites for hydroxylation is 1. The van der Waals surface area contributed by atoms with Gasteiger partial charge in [-0.2, -0.15) is 9.64 Å². The molecule has 0 bridgehead atoms. The quantitative estimate of drug-likeness (QED) is 0.915. The van der Waals surface area contributed by atoms with Crippen LogP contribution in [-0.2, 0) is 0 Å². The highest BCUT2D eigenvalue weighted by atomic mass is 35.5. The van der Waals surface area contributed by atoms with Gasteiger partial charge >= 0.3 is 0 Å². The highest BCUT2D eigenvalue weighted by Gasteiger charge is 2.15. The van der Waals surface area contributed by atoms with Crippen LogP contribution in [0.15, 0.2) is 18.2 Å². The summed E-state index contributed by atoms with van der Waals surface area (Å²) in [4.78, 5) is 2.40. The molecular formula is C15H15ClN4S. The molecule has 6 heteroatoms. The van der Waals surface area contributed by atoms with E-state index in [4.69, 9.17) is 16.9 Å². The van der Waals surface area contributed by atoms with Crippen LogP contribution in [0.4, 0.5) is 16.4 Å². The first-order chi connectivity index (χ1) is 10.2. The lowest BCUT2D eigenvalue weighted by molar-refractivity contribution is 0.949. The van der Waals surface area contributed by atoms with Crippen LogP contribution in [0.2, 0.25) is 5.15 Å². The van der Waals surface area contributed by atoms with E-state index in [0.29, 0.717) is 10.6 Å². The molecule has 1 saturated heterocycles. The van der Waals surface area contributed by atoms with E-state index in [1.807, 2.05) is 0 Å². The fraction of sp³-hybridized carbons (Fsp3) is 0.333. The molecular weight excluding hydrogens is 304 g/mol. The van der Waals surface area contributed by atoms with E-state index >= 15 is 0 Å². The average Bonchev–Trinajstić information content (AvgIpc) is 3.11. The van der Waals surface area contributed by atoms with Gasteiger partial charge in [-0.3, -0.25) is 0 Å². The summed E-state index contributed by atoms with van der Waals surface area (Å²) in [6, 6.07) is 8.44. The van der Waals surface area contributed by atoms with Gasteiger partial charge in [0, 0.05) is 24.5 Å². The zero-order valence-corrected chi connectivity index (χ0v) is 13.3. The Morgan fingerprint density at radius 2 is 2.14 bits per heavy atom. The van der Waals surface area contributed by atoms with Gasteiger partial charge in [0.25, 0.3) is 0 Å². The fourth-order valence-electron chi connectivity index (χ4n) is 2.54. The minimum absolute atomic E-state index is 0.260. The molecule has 1 aliphatic heterocycles. The van der Waals surface area contributed by atoms with Crippen LogP contribution in [0, 0.1) is 18.3 Å². The van der Waals surface area contributed by atoms with E-state index in [9.17, 15) is 0 Å². The van der Waals surface area contributed by atoms with Gasteiger partial charge in [-0.15, -0.1) is 0 Å². The second-order valence-electron chi connectivity index (χ2n) is 5.11. The molecule has 0 saturated carbocycles. The lowest BCUT2D eigenvalue weighted by atomic mass is 10.1. The fourth-order valence-corrected chi connectivity index (χ4v) is 3.48. The number of anilines is 3. The molecule has 0 unspecified atom stereocenters. The third-order valence-electron chi connectivity index (χ3n) is 3.69. The molecule has 2 heterocycles. The van der Waals surface area contributed by atoms with Gasteiger partial charge < -0.3 is 10.2 Å². The Bertz CT molecular complexity index is 698. The first-order valence-electron chi connectivity index (χ1n) is 6.87. The first kappa shape index (κ1) is 14.2. The molecule has 2 aromatic rings. The molecule has 0 atom stereocenters. The average molecular weight is 319 g/mol. The molecule has 4 nitrogen and oxygen atoms in total. The predicted molar refractivity (Wildman–Crippen MR) is 87.7 cm³/mol. The van der Waals surface area contributed by atoms with Gasteiger partial charge in [-0.25, -0.2) is 0 Å². The third-order valence-corrected chi connectivity index (χ3v) is 4.83. The Balaban J connectivity index is 1.84. The van der Waals surface area contributed by atoms with Crippen molar-refractivity contribution >= 4 is 39.5 Å². The molecule has 3 rings (SSSR count). The monoisotopic (exact) mass is 318 g/mol. The molecule has 1 aromatic heterocycles. The van der Waals surface area contributed by atoms with Crippen LogP contribution >= 0.6 is 23.1 Å². The van der Waals surface area contributed by atoms with E-state index in [1.54, 1.807) is 0 Å². The molecule has 1 aliphatic rings. The summed E-state index contributed by atoms with van der Waals surface area (Å²) >= 11 is 7.10. The number of hydrogen-bond acceptors (Lipinski definition) is 5. The SMILES string of the molecule is Cc1cc(N2CCCC2)ccc1Nc1snc(Cl)c1C#N. The predicted octanol–water partition coefficient (Wildman–Crippen LogP) is 4.32. The zero-order chi connectivity index (χ0) is 14.8. The standard InChI is InChI=1S/C15H15ClN4S/c1-10-8-11(20-6-2-3-7-20)4-5-13(10)18-15-12(9-17)14(16)19-21-15/h4-5,8,18H,2-3,6-7H2,1H3. The minimum Gasteiger partial charge on any atom is -0.372 e. The number of nitriles is 1. The summed E-state index contributed by atoms with van der Waals surface area (Å²) in [6.45, 7) is 4.33. The highest BCUT2D eigenvalue weighted by molar-refractivity contribution is 7.11. The first-order valence-corrected chi connectivity index (χ1v) is 8.02. The van der Waals surface area contributed by atoms with Crippen molar-refractivity contribution in [1.29, 1.82) is 5.26 Å². The number of rotatable bonds is 3. The lowest BCUT2D eigenvalue weighted by Crippen LogP contribution is -2.17. The molecule has 0 radical (unpaired) electrons. The van der Waals surface area contributed by atoms with Crippen molar-refractivity contribution < 1.29 is 0 Å². The zero-order valence-electron chi connectivity index (χ0n) is 11.7. The van der Waals surface area contributed by atoms with E-state index in [0.717, 1.165) is 24.3 Å². The largest absolute Gasteiger partial charge is 0.372 e. The summed E-state index contributed by atoms with van der Waals surface area (Å²) in [5.41, 5.74) is 3.80. The van der Waals surface area contributed by atoms with Crippen molar-refractivity contribution in [2.24, 2.45) is 0 Å². The second-order valence-corrected chi connectivity index (χ2v) is 6.24. The molecule has 21 heavy (non-hydrogen) atoms. The summed E-state index contributed by atoms with van der Waals surface area (Å²) < 4.78 is 4.01. The van der Waals surface area contributed by atoms with Gasteiger partial charge in [0.2, 0.25) is 0 Å². The Hall–Kier alpha value is -1.77. The summed E-state index contributed by atoms with van der Waals surface area (Å²) in [6.07, 6.45) is 2.54. The number of halogens is 1. The lowest BCUT2D eigenvalue weighted by Gasteiger charge is -2.19. The molecule has 0 aliphatic carbocycles. The van der Waals surface area contributed by atoms with Gasteiger partial charge in [0.15, 0.2) is 5.15 Å². The van der Waals surface area contributed by atoms with Crippen molar-refractivity contribution in [2.75, 3.05) is 23.3 Å². The highest BCUT2D eigenvalue weighted by Crippen LogP contribution is 2.33. The van der Waals surface area contributed by atoms with E-state index in [1.165, 1.54) is 30.1 Å². The molecule has 0 spiro atoms. The number of nitrogens with zero attached hydrogens (tertiary/aromatic N) is 3. The Kier molecular flexibility index (Phi) is 4.00. The summed E-state index contributed by atoms with van der Waals surface area (Å²) in [5, 5.41) is 13.3. The number of aromatic nitrogens is 1. The summed E-state index contributed by atoms with van der Waals surface area (Å²) in [7, 11) is 0. The van der Waals surface area contributed by atoms with Gasteiger partial charge in [-0.05, 0) is 55.1 Å². The molecule has 0 amide bonds. The van der Waals surface area contributed by atoms with Gasteiger partial charge in [0.05, 0.1) is 0 Å². The van der Waals surface area contributed by atoms with Crippen molar-refractivity contribution in [2.45, 2.75) is 19.8 Å². The van der Waals surface area contributed by atoms with Crippen molar-refractivity contribution in [3.05, 3.63) is 34.5 Å². The third kappa shape index (κ3) is 2.82. The van der Waals surface area contributed by atoms with E-state index in [-0.39, 0.29) is 5.15 Å². The van der Waals surface area contributed by atoms with Crippen LogP contribution in [-0.4, -0.2) is 17.5 Å². The summed E-state index contributed by atoms with van der Waals surface area (Å²) in [5.74, 6) is 0. The topological polar surface area (TPSA) is 52.0 Å². The maximum atomic E-state index is 9.11. The van der Waals surface area contributed by atoms with Crippen LogP contribution in [0.25, 0.3) is 0 Å². The van der Waals surface area contributed by atoms with Crippen LogP contribution in [0.1, 0.15) is 24.0 Å². The Morgan fingerprint density at radius 3 is 2.81 bits per heavy atom. The Morgan fingerprint density at radius 1 is 1.38 bits per heavy atom. The minimum atomic E-state index is 0.260. The Labute approximate surface area is 133 Å². The normalized spacial score (nSPS) is 14.2. The van der Waals surface area contributed by atoms with Crippen LogP contribution in [0.3, 0.4) is 0 Å². The van der Waals surface area contributed by atoms with Gasteiger partial charge in [0.1, 0.15) is 16.6 Å². The molecule has 108 valence electrons. The van der Waals surface area contributed by atoms with E-state index < -0.39 is 0 Å². The molecule has 1 N–H and O–H groups in total. The van der Waals surface area contributed by atoms with Crippen molar-refractivity contribution in [1.82, 2.24) is 4.37 Å². The molecule has 1 aromatic carbocycles. The molecule has 1 fully saturated rings.